The summed E-state index contributed by atoms with van der Waals surface area (Å²) in [5.41, 5.74) is 0.366. The molecule has 0 spiro atoms. The lowest BCUT2D eigenvalue weighted by Gasteiger charge is -2.13. The first-order valence-corrected chi connectivity index (χ1v) is 7.86. The second-order valence-electron chi connectivity index (χ2n) is 5.93. The van der Waals surface area contributed by atoms with E-state index in [1.807, 2.05) is 12.1 Å². The maximum absolute atomic E-state index is 12.0. The van der Waals surface area contributed by atoms with Crippen molar-refractivity contribution in [1.82, 2.24) is 0 Å². The van der Waals surface area contributed by atoms with Crippen molar-refractivity contribution in [3.05, 3.63) is 59.2 Å². The molecule has 1 amide bonds. The van der Waals surface area contributed by atoms with E-state index in [9.17, 15) is 24.6 Å². The van der Waals surface area contributed by atoms with E-state index in [2.05, 4.69) is 19.2 Å². The SMILES string of the molecule is CC(C)c1ccc(OCC(=O)Nc2cc(C(=O)[O-])cc(C(=O)[O-])c2)cc1. The minimum Gasteiger partial charge on any atom is -0.545 e. The highest BCUT2D eigenvalue weighted by molar-refractivity contribution is 5.97. The molecule has 0 atom stereocenters. The zero-order valence-electron chi connectivity index (χ0n) is 14.3. The zero-order valence-corrected chi connectivity index (χ0v) is 14.3. The second-order valence-corrected chi connectivity index (χ2v) is 5.93. The summed E-state index contributed by atoms with van der Waals surface area (Å²) in [5.74, 6) is -2.82. The molecular weight excluding hydrogens is 338 g/mol. The third kappa shape index (κ3) is 5.07. The molecule has 0 aliphatic heterocycles. The summed E-state index contributed by atoms with van der Waals surface area (Å²) in [4.78, 5) is 33.8. The zero-order chi connectivity index (χ0) is 19.3. The number of carbonyl (C=O) groups excluding carboxylic acids is 3. The van der Waals surface area contributed by atoms with Gasteiger partial charge in [0, 0.05) is 5.69 Å². The summed E-state index contributed by atoms with van der Waals surface area (Å²) >= 11 is 0. The molecule has 0 saturated heterocycles. The van der Waals surface area contributed by atoms with Gasteiger partial charge in [0.25, 0.3) is 5.91 Å². The highest BCUT2D eigenvalue weighted by Gasteiger charge is 2.08. The number of carboxylic acids is 2. The third-order valence-corrected chi connectivity index (χ3v) is 3.60. The summed E-state index contributed by atoms with van der Waals surface area (Å²) < 4.78 is 5.36. The van der Waals surface area contributed by atoms with Gasteiger partial charge >= 0.3 is 0 Å². The first kappa shape index (κ1) is 19.0. The van der Waals surface area contributed by atoms with E-state index < -0.39 is 17.8 Å². The second kappa shape index (κ2) is 8.15. The Hall–Kier alpha value is -3.35. The number of carboxylic acid groups (broad SMARTS) is 2. The van der Waals surface area contributed by atoms with Crippen molar-refractivity contribution in [3.63, 3.8) is 0 Å². The molecule has 0 aromatic heterocycles. The quantitative estimate of drug-likeness (QED) is 0.775. The molecule has 7 nitrogen and oxygen atoms in total. The van der Waals surface area contributed by atoms with Gasteiger partial charge in [-0.25, -0.2) is 0 Å². The molecule has 136 valence electrons. The van der Waals surface area contributed by atoms with E-state index in [4.69, 9.17) is 4.74 Å². The van der Waals surface area contributed by atoms with Crippen LogP contribution in [0.15, 0.2) is 42.5 Å². The predicted octanol–water partition coefficient (Wildman–Crippen LogP) is 0.554. The molecule has 0 aliphatic carbocycles. The monoisotopic (exact) mass is 355 g/mol. The number of nitrogens with one attached hydrogen (secondary N) is 1. The van der Waals surface area contributed by atoms with Crippen LogP contribution in [0.5, 0.6) is 5.75 Å². The standard InChI is InChI=1S/C19H19NO6/c1-11(2)12-3-5-16(6-4-12)26-10-17(21)20-15-8-13(18(22)23)7-14(9-15)19(24)25/h3-9,11H,10H2,1-2H3,(H,20,21)(H,22,23)(H,24,25)/p-2. The number of amides is 1. The minimum atomic E-state index is -1.56. The molecule has 0 aliphatic rings. The van der Waals surface area contributed by atoms with Gasteiger partial charge in [-0.2, -0.15) is 0 Å². The van der Waals surface area contributed by atoms with Crippen LogP contribution in [0.3, 0.4) is 0 Å². The van der Waals surface area contributed by atoms with E-state index in [1.54, 1.807) is 12.1 Å². The first-order chi connectivity index (χ1) is 12.3. The molecule has 1 N–H and O–H groups in total. The molecule has 0 unspecified atom stereocenters. The highest BCUT2D eigenvalue weighted by atomic mass is 16.5. The molecule has 0 bridgehead atoms. The fraction of sp³-hybridized carbons (Fsp3) is 0.211. The summed E-state index contributed by atoms with van der Waals surface area (Å²) in [7, 11) is 0. The number of benzene rings is 2. The number of carbonyl (C=O) groups is 3. The third-order valence-electron chi connectivity index (χ3n) is 3.60. The fourth-order valence-corrected chi connectivity index (χ4v) is 2.23. The highest BCUT2D eigenvalue weighted by Crippen LogP contribution is 2.19. The average molecular weight is 355 g/mol. The van der Waals surface area contributed by atoms with Crippen LogP contribution < -0.4 is 20.3 Å². The van der Waals surface area contributed by atoms with Crippen LogP contribution in [0.2, 0.25) is 0 Å². The van der Waals surface area contributed by atoms with Crippen LogP contribution in [0.25, 0.3) is 0 Å². The number of ether oxygens (including phenoxy) is 1. The van der Waals surface area contributed by atoms with Crippen LogP contribution in [-0.4, -0.2) is 24.5 Å². The molecule has 0 fully saturated rings. The maximum atomic E-state index is 12.0. The van der Waals surface area contributed by atoms with Crippen molar-refractivity contribution >= 4 is 23.5 Å². The van der Waals surface area contributed by atoms with Crippen LogP contribution in [0.1, 0.15) is 46.0 Å². The lowest BCUT2D eigenvalue weighted by atomic mass is 10.0. The Kier molecular flexibility index (Phi) is 5.95. The van der Waals surface area contributed by atoms with Gasteiger partial charge in [-0.05, 0) is 52.9 Å². The van der Waals surface area contributed by atoms with Gasteiger partial charge in [-0.3, -0.25) is 4.79 Å². The van der Waals surface area contributed by atoms with Crippen molar-refractivity contribution < 1.29 is 29.3 Å². The minimum absolute atomic E-state index is 0.00495. The number of aromatic carboxylic acids is 2. The van der Waals surface area contributed by atoms with Gasteiger partial charge in [-0.15, -0.1) is 0 Å². The van der Waals surface area contributed by atoms with Gasteiger partial charge < -0.3 is 29.9 Å². The largest absolute Gasteiger partial charge is 0.545 e. The molecule has 2 aromatic rings. The van der Waals surface area contributed by atoms with Crippen LogP contribution in [0.4, 0.5) is 5.69 Å². The van der Waals surface area contributed by atoms with Gasteiger partial charge in [0.1, 0.15) is 5.75 Å². The lowest BCUT2D eigenvalue weighted by molar-refractivity contribution is -0.255. The van der Waals surface area contributed by atoms with Crippen LogP contribution in [0, 0.1) is 0 Å². The summed E-state index contributed by atoms with van der Waals surface area (Å²) in [5, 5.41) is 24.3. The Morgan fingerprint density at radius 1 is 0.962 bits per heavy atom. The fourth-order valence-electron chi connectivity index (χ4n) is 2.23. The molecular formula is C19H17NO6-2. The van der Waals surface area contributed by atoms with Gasteiger partial charge in [-0.1, -0.05) is 26.0 Å². The van der Waals surface area contributed by atoms with E-state index >= 15 is 0 Å². The maximum Gasteiger partial charge on any atom is 0.262 e. The van der Waals surface area contributed by atoms with E-state index in [1.165, 1.54) is 0 Å². The number of rotatable bonds is 7. The van der Waals surface area contributed by atoms with Crippen LogP contribution >= 0.6 is 0 Å². The number of anilines is 1. The average Bonchev–Trinajstić information content (AvgIpc) is 2.59. The number of hydrogen-bond donors (Lipinski definition) is 1. The van der Waals surface area contributed by atoms with Crippen molar-refractivity contribution in [1.29, 1.82) is 0 Å². The van der Waals surface area contributed by atoms with Gasteiger partial charge in [0.2, 0.25) is 0 Å². The first-order valence-electron chi connectivity index (χ1n) is 7.86. The molecule has 7 heteroatoms. The lowest BCUT2D eigenvalue weighted by Crippen LogP contribution is -2.27. The van der Waals surface area contributed by atoms with E-state index in [-0.39, 0.29) is 23.4 Å². The normalized spacial score (nSPS) is 10.4. The summed E-state index contributed by atoms with van der Waals surface area (Å²) in [6.45, 7) is 3.80. The summed E-state index contributed by atoms with van der Waals surface area (Å²) in [6.07, 6.45) is 0. The number of hydrogen-bond acceptors (Lipinski definition) is 6. The topological polar surface area (TPSA) is 119 Å². The van der Waals surface area contributed by atoms with Gasteiger partial charge in [0.15, 0.2) is 6.61 Å². The molecule has 26 heavy (non-hydrogen) atoms. The Morgan fingerprint density at radius 2 is 1.50 bits per heavy atom. The summed E-state index contributed by atoms with van der Waals surface area (Å²) in [6, 6.07) is 10.4. The van der Waals surface area contributed by atoms with Crippen molar-refractivity contribution in [2.24, 2.45) is 0 Å². The Labute approximate surface area is 150 Å². The van der Waals surface area contributed by atoms with Gasteiger partial charge in [0.05, 0.1) is 11.9 Å². The van der Waals surface area contributed by atoms with Crippen LogP contribution in [-0.2, 0) is 4.79 Å². The van der Waals surface area contributed by atoms with E-state index in [0.717, 1.165) is 23.8 Å². The Balaban J connectivity index is 2.03. The molecule has 0 radical (unpaired) electrons. The van der Waals surface area contributed by atoms with Crippen molar-refractivity contribution in [2.75, 3.05) is 11.9 Å². The Bertz CT molecular complexity index is 794. The van der Waals surface area contributed by atoms with E-state index in [0.29, 0.717) is 11.7 Å². The molecule has 0 saturated carbocycles. The molecule has 2 aromatic carbocycles. The Morgan fingerprint density at radius 3 is 1.96 bits per heavy atom. The van der Waals surface area contributed by atoms with Crippen molar-refractivity contribution in [3.8, 4) is 5.75 Å². The van der Waals surface area contributed by atoms with Crippen molar-refractivity contribution in [2.45, 2.75) is 19.8 Å². The predicted molar refractivity (Wildman–Crippen MR) is 89.8 cm³/mol. The molecule has 0 heterocycles. The smallest absolute Gasteiger partial charge is 0.262 e. The molecule has 2 rings (SSSR count).